The molecule has 0 radical (unpaired) electrons. The molecule has 202 valence electrons. The molecule has 0 saturated heterocycles. The number of fused-ring (bicyclic) bond motifs is 10. The Morgan fingerprint density at radius 2 is 1.07 bits per heavy atom. The van der Waals surface area contributed by atoms with Crippen molar-refractivity contribution in [1.82, 2.24) is 0 Å². The summed E-state index contributed by atoms with van der Waals surface area (Å²) in [5.74, 6) is 0.686. The minimum atomic E-state index is -2.50. The molecule has 8 rings (SSSR count). The Morgan fingerprint density at radius 3 is 1.64 bits per heavy atom. The van der Waals surface area contributed by atoms with Gasteiger partial charge < -0.3 is 4.74 Å². The van der Waals surface area contributed by atoms with Gasteiger partial charge in [-0.05, 0) is 105 Å². The van der Waals surface area contributed by atoms with Crippen LogP contribution in [0, 0.1) is 13.8 Å². The van der Waals surface area contributed by atoms with E-state index in [1.54, 1.807) is 13.0 Å². The third-order valence-electron chi connectivity index (χ3n) is 8.83. The van der Waals surface area contributed by atoms with Gasteiger partial charge in [-0.15, -0.1) is 0 Å². The quantitative estimate of drug-likeness (QED) is 0.199. The average molecular weight is 547 g/mol. The summed E-state index contributed by atoms with van der Waals surface area (Å²) in [5.41, 5.74) is 10.3. The van der Waals surface area contributed by atoms with E-state index in [1.165, 1.54) is 6.07 Å². The number of ether oxygens (including phenoxy) is 1. The minimum absolute atomic E-state index is 0.107. The predicted molar refractivity (Wildman–Crippen MR) is 175 cm³/mol. The van der Waals surface area contributed by atoms with E-state index in [0.717, 1.165) is 50.1 Å². The Hall–Kier alpha value is -4.88. The molecule has 1 nitrogen and oxygen atoms in total. The zero-order valence-corrected chi connectivity index (χ0v) is 23.5. The zero-order valence-electron chi connectivity index (χ0n) is 29.5. The number of hydrogen-bond acceptors (Lipinski definition) is 1. The summed E-state index contributed by atoms with van der Waals surface area (Å²) < 4.78 is 58.3. The van der Waals surface area contributed by atoms with E-state index in [1.807, 2.05) is 49.4 Å². The molecule has 6 aromatic rings. The molecule has 2 aliphatic rings. The number of benzene rings is 6. The third kappa shape index (κ3) is 3.63. The van der Waals surface area contributed by atoms with Crippen LogP contribution in [-0.4, -0.2) is 0 Å². The van der Waals surface area contributed by atoms with Crippen LogP contribution in [0.1, 0.15) is 44.3 Å². The first-order valence-corrected chi connectivity index (χ1v) is 14.3. The second-order valence-corrected chi connectivity index (χ2v) is 11.5. The van der Waals surface area contributed by atoms with Crippen molar-refractivity contribution in [3.63, 3.8) is 0 Å². The monoisotopic (exact) mass is 546 g/mol. The Bertz CT molecular complexity index is 2270. The Labute approximate surface area is 256 Å². The molecule has 6 aromatic carbocycles. The normalized spacial score (nSPS) is 18.6. The van der Waals surface area contributed by atoms with Crippen LogP contribution in [0.3, 0.4) is 0 Å². The first kappa shape index (κ1) is 19.3. The maximum atomic E-state index is 8.74. The summed E-state index contributed by atoms with van der Waals surface area (Å²) in [6.45, 7) is -1.32. The molecule has 1 heterocycles. The molecule has 0 N–H and O–H groups in total. The zero-order chi connectivity index (χ0) is 33.6. The number of rotatable bonds is 1. The summed E-state index contributed by atoms with van der Waals surface area (Å²) in [4.78, 5) is 0. The summed E-state index contributed by atoms with van der Waals surface area (Å²) in [5, 5.41) is 0. The van der Waals surface area contributed by atoms with Gasteiger partial charge in [0.1, 0.15) is 11.5 Å². The van der Waals surface area contributed by atoms with Gasteiger partial charge in [0.2, 0.25) is 0 Å². The molecule has 0 fully saturated rings. The van der Waals surface area contributed by atoms with Gasteiger partial charge in [-0.3, -0.25) is 0 Å². The molecule has 0 amide bonds. The first-order chi connectivity index (χ1) is 22.9. The van der Waals surface area contributed by atoms with Crippen LogP contribution in [-0.2, 0) is 5.41 Å². The lowest BCUT2D eigenvalue weighted by Gasteiger charge is -2.35. The molecule has 1 atom stereocenters. The fourth-order valence-corrected chi connectivity index (χ4v) is 6.71. The van der Waals surface area contributed by atoms with Crippen molar-refractivity contribution in [2.45, 2.75) is 33.0 Å². The maximum Gasteiger partial charge on any atom is 0.131 e. The van der Waals surface area contributed by atoms with Crippen molar-refractivity contribution in [1.29, 1.82) is 0 Å². The molecule has 1 unspecified atom stereocenters. The topological polar surface area (TPSA) is 9.23 Å². The van der Waals surface area contributed by atoms with Gasteiger partial charge in [0.15, 0.2) is 0 Å². The fourth-order valence-electron chi connectivity index (χ4n) is 6.71. The molecule has 0 saturated carbocycles. The lowest BCUT2D eigenvalue weighted by Crippen LogP contribution is -2.24. The van der Waals surface area contributed by atoms with Gasteiger partial charge >= 0.3 is 0 Å². The van der Waals surface area contributed by atoms with Gasteiger partial charge in [-0.1, -0.05) is 111 Å². The van der Waals surface area contributed by atoms with Gasteiger partial charge in [0, 0.05) is 24.8 Å². The molecular weight excluding hydrogens is 508 g/mol. The lowest BCUT2D eigenvalue weighted by molar-refractivity contribution is 0.417. The summed E-state index contributed by atoms with van der Waals surface area (Å²) in [6.07, 6.45) is 0. The van der Waals surface area contributed by atoms with E-state index in [4.69, 9.17) is 13.0 Å². The second-order valence-electron chi connectivity index (χ2n) is 11.5. The average Bonchev–Trinajstić information content (AvgIpc) is 3.06. The number of aryl methyl sites for hydroxylation is 2. The van der Waals surface area contributed by atoms with E-state index < -0.39 is 19.1 Å². The standard InChI is InChI=1S/C41H32O/c1-25-17-20-37-39(21-25)42-40-22-26(2)35(24-38(40)41(37,3)4)27-18-19-34-32-15-8-7-13-30(32)28-11-5-6-12-29(28)31-14-9-10-16-33(31)36(34)23-27/h5-24H,1-4H3/i2D3,3D3. The highest BCUT2D eigenvalue weighted by Gasteiger charge is 2.35. The minimum Gasteiger partial charge on any atom is -0.457 e. The molecular formula is C41H32O. The van der Waals surface area contributed by atoms with Crippen LogP contribution in [0.5, 0.6) is 11.5 Å². The largest absolute Gasteiger partial charge is 0.457 e. The highest BCUT2D eigenvalue weighted by atomic mass is 16.5. The molecule has 0 spiro atoms. The van der Waals surface area contributed by atoms with Crippen molar-refractivity contribution in [2.75, 3.05) is 0 Å². The molecule has 1 heteroatoms. The van der Waals surface area contributed by atoms with Crippen LogP contribution in [0.2, 0.25) is 0 Å². The van der Waals surface area contributed by atoms with Crippen LogP contribution >= 0.6 is 0 Å². The first-order valence-electron chi connectivity index (χ1n) is 17.3. The van der Waals surface area contributed by atoms with Crippen molar-refractivity contribution in [3.05, 3.63) is 144 Å². The van der Waals surface area contributed by atoms with Crippen molar-refractivity contribution in [2.24, 2.45) is 0 Å². The van der Waals surface area contributed by atoms with E-state index in [-0.39, 0.29) is 11.3 Å². The summed E-state index contributed by atoms with van der Waals surface area (Å²) in [7, 11) is 0. The highest BCUT2D eigenvalue weighted by molar-refractivity contribution is 6.03. The smallest absolute Gasteiger partial charge is 0.131 e. The van der Waals surface area contributed by atoms with Crippen LogP contribution < -0.4 is 4.74 Å². The van der Waals surface area contributed by atoms with Crippen molar-refractivity contribution >= 4 is 0 Å². The van der Waals surface area contributed by atoms with Gasteiger partial charge in [-0.25, -0.2) is 0 Å². The molecule has 42 heavy (non-hydrogen) atoms. The van der Waals surface area contributed by atoms with E-state index in [9.17, 15) is 0 Å². The third-order valence-corrected chi connectivity index (χ3v) is 8.83. The molecule has 1 aliphatic heterocycles. The summed E-state index contributed by atoms with van der Waals surface area (Å²) >= 11 is 0. The fraction of sp³-hybridized carbons (Fsp3) is 0.122. The second kappa shape index (κ2) is 9.06. The van der Waals surface area contributed by atoms with E-state index >= 15 is 0 Å². The molecule has 1 aliphatic carbocycles. The van der Waals surface area contributed by atoms with Gasteiger partial charge in [0.05, 0.1) is 0 Å². The van der Waals surface area contributed by atoms with Crippen molar-refractivity contribution in [3.8, 4) is 67.1 Å². The number of hydrogen-bond donors (Lipinski definition) is 0. The van der Waals surface area contributed by atoms with Crippen LogP contribution in [0.15, 0.2) is 121 Å². The van der Waals surface area contributed by atoms with E-state index in [2.05, 4.69) is 66.7 Å². The van der Waals surface area contributed by atoms with Crippen LogP contribution in [0.4, 0.5) is 0 Å². The van der Waals surface area contributed by atoms with Crippen molar-refractivity contribution < 1.29 is 13.0 Å². The predicted octanol–water partition coefficient (Wildman–Crippen LogP) is 11.4. The highest BCUT2D eigenvalue weighted by Crippen LogP contribution is 2.51. The van der Waals surface area contributed by atoms with Crippen LogP contribution in [0.25, 0.3) is 55.6 Å². The van der Waals surface area contributed by atoms with Gasteiger partial charge in [0.25, 0.3) is 0 Å². The maximum absolute atomic E-state index is 8.74. The lowest BCUT2D eigenvalue weighted by atomic mass is 9.74. The van der Waals surface area contributed by atoms with E-state index in [0.29, 0.717) is 28.0 Å². The Balaban J connectivity index is 1.42. The SMILES string of the molecule is [2H]C([2H])([2H])c1cc2c(cc1-c1ccc3c(c1)-c1ccccc1-c1ccccc1-c1ccccc1-3)C(C)(C([2H])([2H])[2H])c1ccc(C)cc1O2. The molecule has 0 aromatic heterocycles. The Morgan fingerprint density at radius 1 is 0.524 bits per heavy atom. The Kier molecular flexibility index (Phi) is 4.16. The summed E-state index contributed by atoms with van der Waals surface area (Å²) in [6, 6.07) is 39.9. The van der Waals surface area contributed by atoms with Gasteiger partial charge in [-0.2, -0.15) is 0 Å². The molecule has 0 bridgehead atoms.